The van der Waals surface area contributed by atoms with Gasteiger partial charge in [0, 0.05) is 17.2 Å². The van der Waals surface area contributed by atoms with Crippen molar-refractivity contribution in [3.8, 4) is 0 Å². The van der Waals surface area contributed by atoms with Gasteiger partial charge in [0.2, 0.25) is 5.91 Å². The number of hydrogen-bond acceptors (Lipinski definition) is 2. The summed E-state index contributed by atoms with van der Waals surface area (Å²) in [6, 6.07) is 0. The van der Waals surface area contributed by atoms with Gasteiger partial charge < -0.3 is 11.1 Å². The second-order valence-corrected chi connectivity index (χ2v) is 4.81. The van der Waals surface area contributed by atoms with Crippen molar-refractivity contribution in [1.82, 2.24) is 5.32 Å². The topological polar surface area (TPSA) is 55.1 Å². The molecule has 0 aliphatic heterocycles. The molecular formula is C10H18N2O. The molecule has 1 saturated carbocycles. The Labute approximate surface area is 79.4 Å². The fourth-order valence-corrected chi connectivity index (χ4v) is 0.964. The Morgan fingerprint density at radius 3 is 2.38 bits per heavy atom. The van der Waals surface area contributed by atoms with Gasteiger partial charge in [-0.25, -0.2) is 0 Å². The minimum atomic E-state index is -0.185. The van der Waals surface area contributed by atoms with Crippen LogP contribution in [0.4, 0.5) is 0 Å². The molecule has 0 heterocycles. The molecule has 0 atom stereocenters. The summed E-state index contributed by atoms with van der Waals surface area (Å²) in [7, 11) is 0. The molecule has 0 spiro atoms. The van der Waals surface area contributed by atoms with Gasteiger partial charge in [0.05, 0.1) is 0 Å². The van der Waals surface area contributed by atoms with E-state index in [1.54, 1.807) is 6.08 Å². The highest BCUT2D eigenvalue weighted by Gasteiger charge is 2.35. The molecule has 1 aliphatic carbocycles. The van der Waals surface area contributed by atoms with Crippen LogP contribution in [0, 0.1) is 0 Å². The van der Waals surface area contributed by atoms with Gasteiger partial charge in [-0.2, -0.15) is 0 Å². The van der Waals surface area contributed by atoms with E-state index in [1.165, 1.54) is 6.08 Å². The molecule has 74 valence electrons. The SMILES string of the molecule is CC(C)(C)NC(=O)/C=C/C1(N)CC1. The molecule has 0 aromatic heterocycles. The molecule has 0 saturated heterocycles. The van der Waals surface area contributed by atoms with Crippen LogP contribution in [0.15, 0.2) is 12.2 Å². The molecular weight excluding hydrogens is 164 g/mol. The third-order valence-corrected chi connectivity index (χ3v) is 1.89. The number of amides is 1. The summed E-state index contributed by atoms with van der Waals surface area (Å²) in [6.07, 6.45) is 5.32. The largest absolute Gasteiger partial charge is 0.348 e. The fraction of sp³-hybridized carbons (Fsp3) is 0.700. The quantitative estimate of drug-likeness (QED) is 0.625. The van der Waals surface area contributed by atoms with Gasteiger partial charge in [-0.05, 0) is 33.6 Å². The van der Waals surface area contributed by atoms with E-state index in [9.17, 15) is 4.79 Å². The van der Waals surface area contributed by atoms with Gasteiger partial charge in [0.25, 0.3) is 0 Å². The van der Waals surface area contributed by atoms with Gasteiger partial charge in [-0.1, -0.05) is 6.08 Å². The predicted octanol–water partition coefficient (Wildman–Crippen LogP) is 0.949. The summed E-state index contributed by atoms with van der Waals surface area (Å²) < 4.78 is 0. The first kappa shape index (κ1) is 10.3. The Balaban J connectivity index is 2.37. The van der Waals surface area contributed by atoms with E-state index in [0.29, 0.717) is 0 Å². The van der Waals surface area contributed by atoms with Crippen molar-refractivity contribution in [3.05, 3.63) is 12.2 Å². The molecule has 1 amide bonds. The molecule has 0 aromatic carbocycles. The Hall–Kier alpha value is -0.830. The molecule has 0 radical (unpaired) electrons. The van der Waals surface area contributed by atoms with Crippen LogP contribution < -0.4 is 11.1 Å². The van der Waals surface area contributed by atoms with Crippen LogP contribution in [0.2, 0.25) is 0 Å². The van der Waals surface area contributed by atoms with Crippen molar-refractivity contribution in [2.45, 2.75) is 44.7 Å². The van der Waals surface area contributed by atoms with E-state index >= 15 is 0 Å². The average molecular weight is 182 g/mol. The molecule has 1 rings (SSSR count). The smallest absolute Gasteiger partial charge is 0.244 e. The molecule has 3 heteroatoms. The summed E-state index contributed by atoms with van der Waals surface area (Å²) in [5.41, 5.74) is 5.43. The maximum absolute atomic E-state index is 11.3. The lowest BCUT2D eigenvalue weighted by atomic mass is 10.1. The van der Waals surface area contributed by atoms with Gasteiger partial charge in [0.15, 0.2) is 0 Å². The monoisotopic (exact) mass is 182 g/mol. The summed E-state index contributed by atoms with van der Waals surface area (Å²) in [5, 5.41) is 2.84. The molecule has 13 heavy (non-hydrogen) atoms. The first-order valence-corrected chi connectivity index (χ1v) is 4.61. The lowest BCUT2D eigenvalue weighted by molar-refractivity contribution is -0.117. The highest BCUT2D eigenvalue weighted by Crippen LogP contribution is 2.33. The number of carbonyl (C=O) groups is 1. The second kappa shape index (κ2) is 3.14. The first-order chi connectivity index (χ1) is 5.81. The first-order valence-electron chi connectivity index (χ1n) is 4.61. The van der Waals surface area contributed by atoms with E-state index in [1.807, 2.05) is 20.8 Å². The second-order valence-electron chi connectivity index (χ2n) is 4.81. The number of carbonyl (C=O) groups excluding carboxylic acids is 1. The van der Waals surface area contributed by atoms with Gasteiger partial charge >= 0.3 is 0 Å². The predicted molar refractivity (Wildman–Crippen MR) is 53.2 cm³/mol. The van der Waals surface area contributed by atoms with Crippen molar-refractivity contribution in [3.63, 3.8) is 0 Å². The lowest BCUT2D eigenvalue weighted by Gasteiger charge is -2.19. The lowest BCUT2D eigenvalue weighted by Crippen LogP contribution is -2.39. The summed E-state index contributed by atoms with van der Waals surface area (Å²) in [4.78, 5) is 11.3. The minimum absolute atomic E-state index is 0.0655. The van der Waals surface area contributed by atoms with Gasteiger partial charge in [0.1, 0.15) is 0 Å². The Morgan fingerprint density at radius 1 is 1.46 bits per heavy atom. The van der Waals surface area contributed by atoms with Crippen LogP contribution >= 0.6 is 0 Å². The van der Waals surface area contributed by atoms with Crippen molar-refractivity contribution >= 4 is 5.91 Å². The van der Waals surface area contributed by atoms with Gasteiger partial charge in [-0.15, -0.1) is 0 Å². The Bertz CT molecular complexity index is 234. The summed E-state index contributed by atoms with van der Waals surface area (Å²) in [5.74, 6) is -0.0655. The maximum Gasteiger partial charge on any atom is 0.244 e. The van der Waals surface area contributed by atoms with Crippen LogP contribution in [0.5, 0.6) is 0 Å². The fourth-order valence-electron chi connectivity index (χ4n) is 0.964. The van der Waals surface area contributed by atoms with E-state index in [0.717, 1.165) is 12.8 Å². The van der Waals surface area contributed by atoms with Crippen LogP contribution in [-0.2, 0) is 4.79 Å². The van der Waals surface area contributed by atoms with Crippen molar-refractivity contribution < 1.29 is 4.79 Å². The van der Waals surface area contributed by atoms with E-state index in [4.69, 9.17) is 5.73 Å². The molecule has 3 N–H and O–H groups in total. The molecule has 1 fully saturated rings. The van der Waals surface area contributed by atoms with Crippen LogP contribution in [-0.4, -0.2) is 17.0 Å². The van der Waals surface area contributed by atoms with E-state index in [2.05, 4.69) is 5.32 Å². The van der Waals surface area contributed by atoms with Crippen LogP contribution in [0.1, 0.15) is 33.6 Å². The third kappa shape index (κ3) is 4.08. The zero-order valence-corrected chi connectivity index (χ0v) is 8.55. The van der Waals surface area contributed by atoms with Crippen molar-refractivity contribution in [2.75, 3.05) is 0 Å². The zero-order valence-electron chi connectivity index (χ0n) is 8.55. The number of nitrogens with one attached hydrogen (secondary N) is 1. The molecule has 0 unspecified atom stereocenters. The third-order valence-electron chi connectivity index (χ3n) is 1.89. The van der Waals surface area contributed by atoms with E-state index < -0.39 is 0 Å². The Kier molecular flexibility index (Phi) is 2.48. The molecule has 0 bridgehead atoms. The number of nitrogens with two attached hydrogens (primary N) is 1. The highest BCUT2D eigenvalue weighted by molar-refractivity contribution is 5.88. The van der Waals surface area contributed by atoms with Crippen LogP contribution in [0.25, 0.3) is 0 Å². The maximum atomic E-state index is 11.3. The summed E-state index contributed by atoms with van der Waals surface area (Å²) in [6.45, 7) is 5.86. The Morgan fingerprint density at radius 2 is 2.00 bits per heavy atom. The molecule has 1 aliphatic rings. The average Bonchev–Trinajstić information content (AvgIpc) is 2.62. The number of hydrogen-bond donors (Lipinski definition) is 2. The van der Waals surface area contributed by atoms with Gasteiger partial charge in [-0.3, -0.25) is 4.79 Å². The normalized spacial score (nSPS) is 20.3. The molecule has 3 nitrogen and oxygen atoms in total. The number of rotatable bonds is 2. The molecule has 0 aromatic rings. The van der Waals surface area contributed by atoms with Crippen molar-refractivity contribution in [2.24, 2.45) is 5.73 Å². The summed E-state index contributed by atoms with van der Waals surface area (Å²) >= 11 is 0. The zero-order chi connectivity index (χ0) is 10.1. The minimum Gasteiger partial charge on any atom is -0.348 e. The highest BCUT2D eigenvalue weighted by atomic mass is 16.1. The van der Waals surface area contributed by atoms with Crippen molar-refractivity contribution in [1.29, 1.82) is 0 Å². The standard InChI is InChI=1S/C10H18N2O/c1-9(2,3)12-8(13)4-5-10(11)6-7-10/h4-5H,6-7,11H2,1-3H3,(H,12,13)/b5-4+. The van der Waals surface area contributed by atoms with E-state index in [-0.39, 0.29) is 17.0 Å². The van der Waals surface area contributed by atoms with Crippen LogP contribution in [0.3, 0.4) is 0 Å².